The van der Waals surface area contributed by atoms with Crippen LogP contribution in [0.15, 0.2) is 42.6 Å². The number of rotatable bonds is 8. The highest BCUT2D eigenvalue weighted by atomic mass is 16.5. The van der Waals surface area contributed by atoms with E-state index in [1.54, 1.807) is 6.20 Å². The first-order chi connectivity index (χ1) is 13.7. The molecule has 0 bridgehead atoms. The van der Waals surface area contributed by atoms with E-state index in [0.29, 0.717) is 24.3 Å². The lowest BCUT2D eigenvalue weighted by Gasteiger charge is -2.19. The SMILES string of the molecule is CCOc1ccccc1CN[C@H]1CCN(c2ccc(C(=O)NC3CC3)cn2)C1. The van der Waals surface area contributed by atoms with Gasteiger partial charge in [0.25, 0.3) is 5.91 Å². The summed E-state index contributed by atoms with van der Waals surface area (Å²) in [6.07, 6.45) is 4.94. The molecule has 1 aromatic heterocycles. The Morgan fingerprint density at radius 1 is 1.18 bits per heavy atom. The first-order valence-electron chi connectivity index (χ1n) is 10.2. The summed E-state index contributed by atoms with van der Waals surface area (Å²) < 4.78 is 5.71. The molecule has 6 heteroatoms. The van der Waals surface area contributed by atoms with Gasteiger partial charge in [-0.3, -0.25) is 4.79 Å². The molecule has 6 nitrogen and oxygen atoms in total. The van der Waals surface area contributed by atoms with Crippen molar-refractivity contribution in [2.24, 2.45) is 0 Å². The van der Waals surface area contributed by atoms with E-state index in [9.17, 15) is 4.79 Å². The van der Waals surface area contributed by atoms with E-state index < -0.39 is 0 Å². The predicted molar refractivity (Wildman–Crippen MR) is 110 cm³/mol. The van der Waals surface area contributed by atoms with Crippen molar-refractivity contribution >= 4 is 11.7 Å². The van der Waals surface area contributed by atoms with Gasteiger partial charge in [-0.2, -0.15) is 0 Å². The minimum atomic E-state index is -0.0181. The number of benzene rings is 1. The van der Waals surface area contributed by atoms with Crippen molar-refractivity contribution in [2.45, 2.75) is 44.8 Å². The number of aromatic nitrogens is 1. The zero-order valence-corrected chi connectivity index (χ0v) is 16.4. The second-order valence-electron chi connectivity index (χ2n) is 7.51. The quantitative estimate of drug-likeness (QED) is 0.737. The summed E-state index contributed by atoms with van der Waals surface area (Å²) in [5.74, 6) is 1.87. The minimum absolute atomic E-state index is 0.0181. The molecule has 2 fully saturated rings. The largest absolute Gasteiger partial charge is 0.494 e. The van der Waals surface area contributed by atoms with Crippen LogP contribution in [0, 0.1) is 0 Å². The number of para-hydroxylation sites is 1. The van der Waals surface area contributed by atoms with E-state index >= 15 is 0 Å². The number of hydrogen-bond donors (Lipinski definition) is 2. The normalized spacial score (nSPS) is 18.9. The predicted octanol–water partition coefficient (Wildman–Crippen LogP) is 2.74. The second kappa shape index (κ2) is 8.61. The molecule has 1 amide bonds. The van der Waals surface area contributed by atoms with Crippen molar-refractivity contribution in [1.29, 1.82) is 0 Å². The molecular weight excluding hydrogens is 352 g/mol. The number of pyridine rings is 1. The Morgan fingerprint density at radius 3 is 2.79 bits per heavy atom. The Morgan fingerprint density at radius 2 is 2.04 bits per heavy atom. The molecule has 0 radical (unpaired) electrons. The lowest BCUT2D eigenvalue weighted by molar-refractivity contribution is 0.0950. The van der Waals surface area contributed by atoms with E-state index in [2.05, 4.69) is 26.6 Å². The molecule has 1 aliphatic carbocycles. The number of ether oxygens (including phenoxy) is 1. The van der Waals surface area contributed by atoms with Gasteiger partial charge in [0.15, 0.2) is 0 Å². The van der Waals surface area contributed by atoms with Crippen LogP contribution in [0.25, 0.3) is 0 Å². The van der Waals surface area contributed by atoms with Crippen LogP contribution in [0.5, 0.6) is 5.75 Å². The summed E-state index contributed by atoms with van der Waals surface area (Å²) in [6.45, 7) is 5.35. The third-order valence-corrected chi connectivity index (χ3v) is 5.29. The van der Waals surface area contributed by atoms with Crippen molar-refractivity contribution in [3.8, 4) is 5.75 Å². The molecule has 0 spiro atoms. The molecule has 2 aliphatic rings. The summed E-state index contributed by atoms with van der Waals surface area (Å²) >= 11 is 0. The van der Waals surface area contributed by atoms with Gasteiger partial charge in [0.1, 0.15) is 11.6 Å². The third kappa shape index (κ3) is 4.62. The highest BCUT2D eigenvalue weighted by molar-refractivity contribution is 5.94. The Bertz CT molecular complexity index is 804. The number of amides is 1. The summed E-state index contributed by atoms with van der Waals surface area (Å²) in [5, 5.41) is 6.64. The molecule has 1 atom stereocenters. The maximum atomic E-state index is 12.1. The van der Waals surface area contributed by atoms with Crippen molar-refractivity contribution in [3.63, 3.8) is 0 Å². The van der Waals surface area contributed by atoms with E-state index in [1.807, 2.05) is 37.3 Å². The van der Waals surface area contributed by atoms with Crippen molar-refractivity contribution < 1.29 is 9.53 Å². The van der Waals surface area contributed by atoms with Crippen LogP contribution < -0.4 is 20.3 Å². The zero-order valence-electron chi connectivity index (χ0n) is 16.4. The van der Waals surface area contributed by atoms with Crippen molar-refractivity contribution in [1.82, 2.24) is 15.6 Å². The van der Waals surface area contributed by atoms with Gasteiger partial charge in [0.2, 0.25) is 0 Å². The van der Waals surface area contributed by atoms with Gasteiger partial charge in [0.05, 0.1) is 12.2 Å². The molecule has 28 heavy (non-hydrogen) atoms. The average Bonchev–Trinajstić information content (AvgIpc) is 3.41. The molecular formula is C22H28N4O2. The average molecular weight is 380 g/mol. The van der Waals surface area contributed by atoms with Crippen LogP contribution in [0.4, 0.5) is 5.82 Å². The van der Waals surface area contributed by atoms with E-state index in [1.165, 1.54) is 5.56 Å². The number of anilines is 1. The standard InChI is InChI=1S/C22H28N4O2/c1-2-28-20-6-4-3-5-16(20)13-23-19-11-12-26(15-19)21-10-7-17(14-24-21)22(27)25-18-8-9-18/h3-7,10,14,18-19,23H,2,8-9,11-13,15H2,1H3,(H,25,27)/t19-/m0/s1. The van der Waals surface area contributed by atoms with Crippen LogP contribution in [0.3, 0.4) is 0 Å². The smallest absolute Gasteiger partial charge is 0.253 e. The fourth-order valence-corrected chi connectivity index (χ4v) is 3.54. The summed E-state index contributed by atoms with van der Waals surface area (Å²) in [4.78, 5) is 18.9. The summed E-state index contributed by atoms with van der Waals surface area (Å²) in [5.41, 5.74) is 1.82. The zero-order chi connectivity index (χ0) is 19.3. The van der Waals surface area contributed by atoms with Gasteiger partial charge < -0.3 is 20.3 Å². The fourth-order valence-electron chi connectivity index (χ4n) is 3.54. The van der Waals surface area contributed by atoms with Crippen LogP contribution >= 0.6 is 0 Å². The molecule has 1 saturated heterocycles. The first kappa shape index (κ1) is 18.7. The minimum Gasteiger partial charge on any atom is -0.494 e. The molecule has 1 aromatic carbocycles. The number of carbonyl (C=O) groups is 1. The van der Waals surface area contributed by atoms with E-state index in [-0.39, 0.29) is 5.91 Å². The monoisotopic (exact) mass is 380 g/mol. The molecule has 1 aliphatic heterocycles. The molecule has 2 heterocycles. The van der Waals surface area contributed by atoms with Crippen LogP contribution in [0.1, 0.15) is 42.1 Å². The second-order valence-corrected chi connectivity index (χ2v) is 7.51. The van der Waals surface area contributed by atoms with Gasteiger partial charge >= 0.3 is 0 Å². The lowest BCUT2D eigenvalue weighted by atomic mass is 10.2. The number of nitrogens with one attached hydrogen (secondary N) is 2. The van der Waals surface area contributed by atoms with E-state index in [0.717, 1.165) is 50.5 Å². The highest BCUT2D eigenvalue weighted by Crippen LogP contribution is 2.22. The number of nitrogens with zero attached hydrogens (tertiary/aromatic N) is 2. The van der Waals surface area contributed by atoms with E-state index in [4.69, 9.17) is 4.74 Å². The maximum absolute atomic E-state index is 12.1. The van der Waals surface area contributed by atoms with Gasteiger partial charge in [-0.25, -0.2) is 4.98 Å². The van der Waals surface area contributed by atoms with Crippen LogP contribution in [-0.4, -0.2) is 42.7 Å². The molecule has 4 rings (SSSR count). The van der Waals surface area contributed by atoms with Crippen LogP contribution in [0.2, 0.25) is 0 Å². The fraction of sp³-hybridized carbons (Fsp3) is 0.455. The number of carbonyl (C=O) groups excluding carboxylic acids is 1. The summed E-state index contributed by atoms with van der Waals surface area (Å²) in [7, 11) is 0. The van der Waals surface area contributed by atoms with Gasteiger partial charge in [-0.15, -0.1) is 0 Å². The summed E-state index contributed by atoms with van der Waals surface area (Å²) in [6, 6.07) is 12.8. The Balaban J connectivity index is 1.30. The topological polar surface area (TPSA) is 66.5 Å². The molecule has 148 valence electrons. The first-order valence-corrected chi connectivity index (χ1v) is 10.2. The molecule has 1 saturated carbocycles. The molecule has 2 aromatic rings. The van der Waals surface area contributed by atoms with Crippen molar-refractivity contribution in [3.05, 3.63) is 53.7 Å². The Labute approximate surface area is 166 Å². The van der Waals surface area contributed by atoms with Gasteiger partial charge in [-0.05, 0) is 44.4 Å². The Kier molecular flexibility index (Phi) is 5.76. The van der Waals surface area contributed by atoms with Gasteiger partial charge in [0, 0.05) is 43.5 Å². The molecule has 2 N–H and O–H groups in total. The highest BCUT2D eigenvalue weighted by Gasteiger charge is 2.25. The van der Waals surface area contributed by atoms with Gasteiger partial charge in [-0.1, -0.05) is 18.2 Å². The Hall–Kier alpha value is -2.60. The number of hydrogen-bond acceptors (Lipinski definition) is 5. The lowest BCUT2D eigenvalue weighted by Crippen LogP contribution is -2.32. The third-order valence-electron chi connectivity index (χ3n) is 5.29. The molecule has 0 unspecified atom stereocenters. The van der Waals surface area contributed by atoms with Crippen molar-refractivity contribution in [2.75, 3.05) is 24.6 Å². The maximum Gasteiger partial charge on any atom is 0.253 e. The van der Waals surface area contributed by atoms with Crippen LogP contribution in [-0.2, 0) is 6.54 Å².